The van der Waals surface area contributed by atoms with Crippen LogP contribution in [0.15, 0.2) is 40.9 Å². The highest BCUT2D eigenvalue weighted by atomic mass is 79.9. The van der Waals surface area contributed by atoms with Crippen LogP contribution in [0, 0.1) is 0 Å². The second kappa shape index (κ2) is 8.53. The van der Waals surface area contributed by atoms with E-state index >= 15 is 0 Å². The van der Waals surface area contributed by atoms with Gasteiger partial charge in [0, 0.05) is 0 Å². The standard InChI is InChI=1S/C18H17BrO6/c1-22-14-7-5-4-6-12(14)13(20)10-25-18(21)11-8-15(23-2)17(19)16(9-11)24-3/h4-9H,10H2,1-3H3. The van der Waals surface area contributed by atoms with E-state index in [1.54, 1.807) is 24.3 Å². The number of ketones is 1. The molecule has 2 aromatic rings. The SMILES string of the molecule is COc1ccccc1C(=O)COC(=O)c1cc(OC)c(Br)c(OC)c1. The third-order valence-electron chi connectivity index (χ3n) is 3.42. The van der Waals surface area contributed by atoms with Crippen LogP contribution in [0.5, 0.6) is 17.2 Å². The Morgan fingerprint density at radius 1 is 0.920 bits per heavy atom. The molecule has 25 heavy (non-hydrogen) atoms. The van der Waals surface area contributed by atoms with Gasteiger partial charge in [0.05, 0.1) is 32.5 Å². The Bertz CT molecular complexity index is 762. The van der Waals surface area contributed by atoms with E-state index in [2.05, 4.69) is 15.9 Å². The maximum absolute atomic E-state index is 12.3. The zero-order valence-corrected chi connectivity index (χ0v) is 15.6. The van der Waals surface area contributed by atoms with E-state index in [0.717, 1.165) is 0 Å². The molecule has 0 unspecified atom stereocenters. The molecule has 2 rings (SSSR count). The Kier molecular flexibility index (Phi) is 6.41. The monoisotopic (exact) mass is 408 g/mol. The lowest BCUT2D eigenvalue weighted by atomic mass is 10.1. The molecule has 0 spiro atoms. The number of para-hydroxylation sites is 1. The van der Waals surface area contributed by atoms with Crippen molar-refractivity contribution in [1.82, 2.24) is 0 Å². The lowest BCUT2D eigenvalue weighted by Crippen LogP contribution is -2.15. The lowest BCUT2D eigenvalue weighted by molar-refractivity contribution is 0.0473. The fourth-order valence-electron chi connectivity index (χ4n) is 2.15. The third-order valence-corrected chi connectivity index (χ3v) is 4.20. The first kappa shape index (κ1) is 18.8. The van der Waals surface area contributed by atoms with Crippen LogP contribution in [0.25, 0.3) is 0 Å². The van der Waals surface area contributed by atoms with Gasteiger partial charge in [-0.2, -0.15) is 0 Å². The molecule has 2 aromatic carbocycles. The van der Waals surface area contributed by atoms with Crippen molar-refractivity contribution in [3.05, 3.63) is 52.0 Å². The molecule has 132 valence electrons. The largest absolute Gasteiger partial charge is 0.496 e. The molecule has 0 fully saturated rings. The first-order valence-electron chi connectivity index (χ1n) is 7.26. The molecule has 6 nitrogen and oxygen atoms in total. The number of Topliss-reactive ketones (excluding diaryl/α,β-unsaturated/α-hetero) is 1. The van der Waals surface area contributed by atoms with Crippen molar-refractivity contribution in [1.29, 1.82) is 0 Å². The Morgan fingerprint density at radius 3 is 2.04 bits per heavy atom. The molecule has 0 aliphatic carbocycles. The number of esters is 1. The Morgan fingerprint density at radius 2 is 1.48 bits per heavy atom. The fraction of sp³-hybridized carbons (Fsp3) is 0.222. The lowest BCUT2D eigenvalue weighted by Gasteiger charge is -2.11. The minimum Gasteiger partial charge on any atom is -0.496 e. The molecular weight excluding hydrogens is 392 g/mol. The summed E-state index contributed by atoms with van der Waals surface area (Å²) >= 11 is 3.32. The van der Waals surface area contributed by atoms with E-state index in [4.69, 9.17) is 18.9 Å². The number of hydrogen-bond donors (Lipinski definition) is 0. The van der Waals surface area contributed by atoms with Gasteiger partial charge in [0.15, 0.2) is 6.61 Å². The van der Waals surface area contributed by atoms with Crippen molar-refractivity contribution in [3.8, 4) is 17.2 Å². The fourth-order valence-corrected chi connectivity index (χ4v) is 2.71. The van der Waals surface area contributed by atoms with E-state index in [0.29, 0.717) is 27.3 Å². The second-order valence-electron chi connectivity index (χ2n) is 4.89. The van der Waals surface area contributed by atoms with Crippen LogP contribution in [-0.2, 0) is 4.74 Å². The van der Waals surface area contributed by atoms with E-state index in [-0.39, 0.29) is 11.3 Å². The number of benzene rings is 2. The van der Waals surface area contributed by atoms with Crippen molar-refractivity contribution in [2.24, 2.45) is 0 Å². The Labute approximate surface area is 153 Å². The summed E-state index contributed by atoms with van der Waals surface area (Å²) in [5.74, 6) is 0.245. The van der Waals surface area contributed by atoms with E-state index in [9.17, 15) is 9.59 Å². The molecule has 0 heterocycles. The molecule has 0 N–H and O–H groups in total. The highest BCUT2D eigenvalue weighted by molar-refractivity contribution is 9.10. The van der Waals surface area contributed by atoms with Crippen molar-refractivity contribution < 1.29 is 28.5 Å². The summed E-state index contributed by atoms with van der Waals surface area (Å²) in [5, 5.41) is 0. The first-order valence-corrected chi connectivity index (χ1v) is 8.06. The number of halogens is 1. The minimum absolute atomic E-state index is 0.213. The zero-order valence-electron chi connectivity index (χ0n) is 14.0. The number of rotatable bonds is 7. The highest BCUT2D eigenvalue weighted by Gasteiger charge is 2.18. The predicted octanol–water partition coefficient (Wildman–Crippen LogP) is 3.51. The summed E-state index contributed by atoms with van der Waals surface area (Å²) in [4.78, 5) is 24.5. The van der Waals surface area contributed by atoms with E-state index in [1.807, 2.05) is 0 Å². The van der Waals surface area contributed by atoms with Gasteiger partial charge in [-0.25, -0.2) is 4.79 Å². The molecular formula is C18H17BrO6. The number of carbonyl (C=O) groups excluding carboxylic acids is 2. The average Bonchev–Trinajstić information content (AvgIpc) is 2.65. The van der Waals surface area contributed by atoms with Gasteiger partial charge in [0.25, 0.3) is 0 Å². The molecule has 0 amide bonds. The van der Waals surface area contributed by atoms with Crippen molar-refractivity contribution in [2.75, 3.05) is 27.9 Å². The highest BCUT2D eigenvalue weighted by Crippen LogP contribution is 2.35. The quantitative estimate of drug-likeness (QED) is 0.515. The topological polar surface area (TPSA) is 71.1 Å². The average molecular weight is 409 g/mol. The minimum atomic E-state index is -0.660. The van der Waals surface area contributed by atoms with Crippen molar-refractivity contribution in [2.45, 2.75) is 0 Å². The summed E-state index contributed by atoms with van der Waals surface area (Å²) in [5.41, 5.74) is 0.563. The summed E-state index contributed by atoms with van der Waals surface area (Å²) in [6, 6.07) is 9.75. The molecule has 0 atom stereocenters. The maximum atomic E-state index is 12.3. The van der Waals surface area contributed by atoms with Crippen molar-refractivity contribution >= 4 is 27.7 Å². The normalized spacial score (nSPS) is 10.1. The maximum Gasteiger partial charge on any atom is 0.338 e. The zero-order chi connectivity index (χ0) is 18.4. The molecule has 0 aromatic heterocycles. The Balaban J connectivity index is 2.14. The van der Waals surface area contributed by atoms with Crippen molar-refractivity contribution in [3.63, 3.8) is 0 Å². The van der Waals surface area contributed by atoms with Crippen LogP contribution in [0.2, 0.25) is 0 Å². The second-order valence-corrected chi connectivity index (χ2v) is 5.69. The summed E-state index contributed by atoms with van der Waals surface area (Å²) in [6.45, 7) is -0.403. The van der Waals surface area contributed by atoms with Gasteiger partial charge in [-0.05, 0) is 40.2 Å². The van der Waals surface area contributed by atoms with Crippen LogP contribution < -0.4 is 14.2 Å². The number of carbonyl (C=O) groups is 2. The van der Waals surface area contributed by atoms with E-state index < -0.39 is 12.6 Å². The van der Waals surface area contributed by atoms with E-state index in [1.165, 1.54) is 33.5 Å². The van der Waals surface area contributed by atoms with Gasteiger partial charge in [-0.3, -0.25) is 4.79 Å². The number of ether oxygens (including phenoxy) is 4. The van der Waals surface area contributed by atoms with Crippen LogP contribution in [-0.4, -0.2) is 39.7 Å². The van der Waals surface area contributed by atoms with Crippen LogP contribution in [0.4, 0.5) is 0 Å². The van der Waals surface area contributed by atoms with Gasteiger partial charge in [-0.1, -0.05) is 12.1 Å². The first-order chi connectivity index (χ1) is 12.0. The molecule has 0 bridgehead atoms. The molecule has 0 saturated carbocycles. The molecule has 0 aliphatic heterocycles. The molecule has 0 aliphatic rings. The number of methoxy groups -OCH3 is 3. The predicted molar refractivity (Wildman–Crippen MR) is 94.9 cm³/mol. The summed E-state index contributed by atoms with van der Waals surface area (Å²) in [7, 11) is 4.41. The van der Waals surface area contributed by atoms with Crippen LogP contribution in [0.3, 0.4) is 0 Å². The van der Waals surface area contributed by atoms with Gasteiger partial charge in [-0.15, -0.1) is 0 Å². The number of hydrogen-bond acceptors (Lipinski definition) is 6. The summed E-state index contributed by atoms with van der Waals surface area (Å²) < 4.78 is 21.2. The summed E-state index contributed by atoms with van der Waals surface area (Å²) in [6.07, 6.45) is 0. The smallest absolute Gasteiger partial charge is 0.338 e. The molecule has 0 radical (unpaired) electrons. The molecule has 7 heteroatoms. The van der Waals surface area contributed by atoms with Gasteiger partial charge in [0.2, 0.25) is 5.78 Å². The van der Waals surface area contributed by atoms with Crippen LogP contribution in [0.1, 0.15) is 20.7 Å². The van der Waals surface area contributed by atoms with Gasteiger partial charge >= 0.3 is 5.97 Å². The van der Waals surface area contributed by atoms with Gasteiger partial charge < -0.3 is 18.9 Å². The molecule has 0 saturated heterocycles. The van der Waals surface area contributed by atoms with Gasteiger partial charge in [0.1, 0.15) is 21.7 Å². The van der Waals surface area contributed by atoms with Crippen LogP contribution >= 0.6 is 15.9 Å². The Hall–Kier alpha value is -2.54. The third kappa shape index (κ3) is 4.30.